The van der Waals surface area contributed by atoms with E-state index in [0.717, 1.165) is 4.90 Å². The third-order valence-electron chi connectivity index (χ3n) is 3.63. The maximum absolute atomic E-state index is 12.5. The van der Waals surface area contributed by atoms with E-state index >= 15 is 0 Å². The van der Waals surface area contributed by atoms with Crippen molar-refractivity contribution in [3.05, 3.63) is 17.6 Å². The van der Waals surface area contributed by atoms with Crippen molar-refractivity contribution in [3.63, 3.8) is 0 Å². The van der Waals surface area contributed by atoms with E-state index < -0.39 is 24.7 Å². The van der Waals surface area contributed by atoms with Gasteiger partial charge in [0.25, 0.3) is 0 Å². The van der Waals surface area contributed by atoms with E-state index in [9.17, 15) is 18.0 Å². The van der Waals surface area contributed by atoms with Crippen molar-refractivity contribution in [1.82, 2.24) is 14.9 Å². The standard InChI is InChI=1S/C14H19F3N4O2/c1-9-6-12(19-11(18-9)7-23-3)20(2)10-4-5-21(13(10)22)8-14(15,16)17/h6,10H,4-5,7-8H2,1-3H3/t10-/m0/s1. The second-order valence-electron chi connectivity index (χ2n) is 5.51. The largest absolute Gasteiger partial charge is 0.406 e. The summed E-state index contributed by atoms with van der Waals surface area (Å²) in [7, 11) is 3.17. The lowest BCUT2D eigenvalue weighted by Crippen LogP contribution is -2.43. The first kappa shape index (κ1) is 17.5. The molecule has 1 atom stereocenters. The van der Waals surface area contributed by atoms with Crippen LogP contribution >= 0.6 is 0 Å². The predicted octanol–water partition coefficient (Wildman–Crippen LogP) is 1.53. The van der Waals surface area contributed by atoms with Gasteiger partial charge in [0.15, 0.2) is 5.82 Å². The highest BCUT2D eigenvalue weighted by molar-refractivity contribution is 5.87. The quantitative estimate of drug-likeness (QED) is 0.818. The number of hydrogen-bond acceptors (Lipinski definition) is 5. The maximum Gasteiger partial charge on any atom is 0.406 e. The number of carbonyl (C=O) groups is 1. The normalized spacial score (nSPS) is 18.6. The minimum absolute atomic E-state index is 0.0857. The molecule has 1 amide bonds. The van der Waals surface area contributed by atoms with E-state index in [1.54, 1.807) is 24.9 Å². The van der Waals surface area contributed by atoms with Crippen LogP contribution in [0.15, 0.2) is 6.07 Å². The highest BCUT2D eigenvalue weighted by atomic mass is 19.4. The second-order valence-corrected chi connectivity index (χ2v) is 5.51. The van der Waals surface area contributed by atoms with Gasteiger partial charge in [0.1, 0.15) is 25.0 Å². The van der Waals surface area contributed by atoms with Gasteiger partial charge in [-0.2, -0.15) is 13.2 Å². The molecule has 2 heterocycles. The molecule has 0 saturated carbocycles. The van der Waals surface area contributed by atoms with E-state index in [-0.39, 0.29) is 13.2 Å². The highest BCUT2D eigenvalue weighted by Crippen LogP contribution is 2.25. The van der Waals surface area contributed by atoms with Crippen molar-refractivity contribution in [1.29, 1.82) is 0 Å². The first-order chi connectivity index (χ1) is 10.7. The Bertz CT molecular complexity index is 580. The van der Waals surface area contributed by atoms with Crippen LogP contribution in [-0.2, 0) is 16.1 Å². The fourth-order valence-electron chi connectivity index (χ4n) is 2.60. The fraction of sp³-hybridized carbons (Fsp3) is 0.643. The van der Waals surface area contributed by atoms with E-state index in [0.29, 0.717) is 23.8 Å². The number of alkyl halides is 3. The Morgan fingerprint density at radius 2 is 2.13 bits per heavy atom. The number of ether oxygens (including phenoxy) is 1. The summed E-state index contributed by atoms with van der Waals surface area (Å²) in [5.41, 5.74) is 0.700. The highest BCUT2D eigenvalue weighted by Gasteiger charge is 2.41. The zero-order valence-corrected chi connectivity index (χ0v) is 13.2. The number of anilines is 1. The van der Waals surface area contributed by atoms with Crippen LogP contribution in [0.3, 0.4) is 0 Å². The van der Waals surface area contributed by atoms with Crippen LogP contribution in [0.5, 0.6) is 0 Å². The van der Waals surface area contributed by atoms with Crippen LogP contribution in [0.2, 0.25) is 0 Å². The number of likely N-dealkylation sites (N-methyl/N-ethyl adjacent to an activating group) is 1. The summed E-state index contributed by atoms with van der Waals surface area (Å²) in [6.45, 7) is 0.877. The summed E-state index contributed by atoms with van der Waals surface area (Å²) < 4.78 is 42.4. The van der Waals surface area contributed by atoms with E-state index in [1.807, 2.05) is 0 Å². The Morgan fingerprint density at radius 1 is 1.43 bits per heavy atom. The van der Waals surface area contributed by atoms with Gasteiger partial charge < -0.3 is 14.5 Å². The van der Waals surface area contributed by atoms with Gasteiger partial charge in [0.2, 0.25) is 5.91 Å². The Labute approximate surface area is 132 Å². The summed E-state index contributed by atoms with van der Waals surface area (Å²) in [5.74, 6) is 0.429. The molecule has 6 nitrogen and oxygen atoms in total. The van der Waals surface area contributed by atoms with Crippen LogP contribution in [0.25, 0.3) is 0 Å². The van der Waals surface area contributed by atoms with Gasteiger partial charge in [0.05, 0.1) is 0 Å². The molecule has 0 radical (unpaired) electrons. The number of rotatable bonds is 5. The number of nitrogens with zero attached hydrogens (tertiary/aromatic N) is 4. The van der Waals surface area contributed by atoms with Crippen molar-refractivity contribution in [2.45, 2.75) is 32.2 Å². The summed E-state index contributed by atoms with van der Waals surface area (Å²) >= 11 is 0. The monoisotopic (exact) mass is 332 g/mol. The summed E-state index contributed by atoms with van der Waals surface area (Å²) in [4.78, 5) is 23.2. The third kappa shape index (κ3) is 4.31. The van der Waals surface area contributed by atoms with Crippen molar-refractivity contribution in [2.24, 2.45) is 0 Å². The number of aryl methyl sites for hydroxylation is 1. The molecule has 1 aliphatic rings. The van der Waals surface area contributed by atoms with E-state index in [1.165, 1.54) is 7.11 Å². The zero-order chi connectivity index (χ0) is 17.2. The van der Waals surface area contributed by atoms with Crippen LogP contribution in [-0.4, -0.2) is 60.2 Å². The van der Waals surface area contributed by atoms with Crippen LogP contribution < -0.4 is 4.90 Å². The van der Waals surface area contributed by atoms with Crippen molar-refractivity contribution in [2.75, 3.05) is 32.1 Å². The molecule has 2 rings (SSSR count). The number of carbonyl (C=O) groups excluding carboxylic acids is 1. The first-order valence-electron chi connectivity index (χ1n) is 7.13. The third-order valence-corrected chi connectivity index (χ3v) is 3.63. The van der Waals surface area contributed by atoms with Crippen molar-refractivity contribution in [3.8, 4) is 0 Å². The molecule has 0 aliphatic carbocycles. The molecule has 23 heavy (non-hydrogen) atoms. The van der Waals surface area contributed by atoms with Gasteiger partial charge in [-0.3, -0.25) is 4.79 Å². The molecule has 1 aromatic rings. The SMILES string of the molecule is COCc1nc(C)cc(N(C)[C@H]2CCN(CC(F)(F)F)C2=O)n1. The Morgan fingerprint density at radius 3 is 2.74 bits per heavy atom. The van der Waals surface area contributed by atoms with Crippen molar-refractivity contribution < 1.29 is 22.7 Å². The average molecular weight is 332 g/mol. The molecule has 9 heteroatoms. The lowest BCUT2D eigenvalue weighted by Gasteiger charge is -2.25. The number of hydrogen-bond donors (Lipinski definition) is 0. The van der Waals surface area contributed by atoms with E-state index in [2.05, 4.69) is 9.97 Å². The van der Waals surface area contributed by atoms with Crippen molar-refractivity contribution >= 4 is 11.7 Å². The van der Waals surface area contributed by atoms with Gasteiger partial charge in [-0.25, -0.2) is 9.97 Å². The average Bonchev–Trinajstić information content (AvgIpc) is 2.77. The molecule has 0 aromatic carbocycles. The minimum atomic E-state index is -4.39. The molecule has 1 aromatic heterocycles. The van der Waals surface area contributed by atoms with Gasteiger partial charge in [-0.1, -0.05) is 0 Å². The number of amides is 1. The summed E-state index contributed by atoms with van der Waals surface area (Å²) in [6, 6.07) is 1.04. The molecule has 1 saturated heterocycles. The Hall–Kier alpha value is -1.90. The molecule has 0 unspecified atom stereocenters. The fourth-order valence-corrected chi connectivity index (χ4v) is 2.60. The lowest BCUT2D eigenvalue weighted by molar-refractivity contribution is -0.157. The molecule has 0 bridgehead atoms. The van der Waals surface area contributed by atoms with Gasteiger partial charge in [-0.05, 0) is 13.3 Å². The molecule has 1 fully saturated rings. The molecular weight excluding hydrogens is 313 g/mol. The van der Waals surface area contributed by atoms with Crippen LogP contribution in [0.4, 0.5) is 19.0 Å². The number of aromatic nitrogens is 2. The predicted molar refractivity (Wildman–Crippen MR) is 76.9 cm³/mol. The minimum Gasteiger partial charge on any atom is -0.377 e. The summed E-state index contributed by atoms with van der Waals surface area (Å²) in [5, 5.41) is 0. The molecule has 1 aliphatic heterocycles. The first-order valence-corrected chi connectivity index (χ1v) is 7.13. The van der Waals surface area contributed by atoms with Crippen LogP contribution in [0, 0.1) is 6.92 Å². The van der Waals surface area contributed by atoms with Gasteiger partial charge in [-0.15, -0.1) is 0 Å². The molecule has 128 valence electrons. The number of halogens is 3. The second kappa shape index (κ2) is 6.69. The Balaban J connectivity index is 2.15. The van der Waals surface area contributed by atoms with Gasteiger partial charge >= 0.3 is 6.18 Å². The molecule has 0 spiro atoms. The number of likely N-dealkylation sites (tertiary alicyclic amines) is 1. The Kier molecular flexibility index (Phi) is 5.08. The maximum atomic E-state index is 12.5. The molecular formula is C14H19F3N4O2. The van der Waals surface area contributed by atoms with Gasteiger partial charge in [0, 0.05) is 32.5 Å². The number of methoxy groups -OCH3 is 1. The lowest BCUT2D eigenvalue weighted by atomic mass is 10.2. The topological polar surface area (TPSA) is 58.6 Å². The van der Waals surface area contributed by atoms with E-state index in [4.69, 9.17) is 4.74 Å². The zero-order valence-electron chi connectivity index (χ0n) is 13.2. The van der Waals surface area contributed by atoms with Crippen LogP contribution in [0.1, 0.15) is 17.9 Å². The summed E-state index contributed by atoms with van der Waals surface area (Å²) in [6.07, 6.45) is -4.06. The smallest absolute Gasteiger partial charge is 0.377 e. The molecule has 0 N–H and O–H groups in total.